The summed E-state index contributed by atoms with van der Waals surface area (Å²) >= 11 is 0. The van der Waals surface area contributed by atoms with Gasteiger partial charge in [0.1, 0.15) is 5.75 Å². The van der Waals surface area contributed by atoms with Gasteiger partial charge in [0.2, 0.25) is 0 Å². The Balaban J connectivity index is 1.63. The van der Waals surface area contributed by atoms with Gasteiger partial charge < -0.3 is 4.74 Å². The van der Waals surface area contributed by atoms with E-state index in [0.717, 1.165) is 31.8 Å². The quantitative estimate of drug-likeness (QED) is 0.843. The number of ether oxygens (including phenoxy) is 1. The molecule has 2 aromatic rings. The van der Waals surface area contributed by atoms with Gasteiger partial charge in [-0.15, -0.1) is 0 Å². The molecular weight excluding hydrogens is 246 g/mol. The lowest BCUT2D eigenvalue weighted by molar-refractivity contribution is 0.256. The highest BCUT2D eigenvalue weighted by molar-refractivity contribution is 5.33. The second kappa shape index (κ2) is 6.10. The Bertz CT molecular complexity index is 579. The van der Waals surface area contributed by atoms with Crippen molar-refractivity contribution in [2.24, 2.45) is 0 Å². The highest BCUT2D eigenvalue weighted by atomic mass is 16.5. The van der Waals surface area contributed by atoms with E-state index in [-0.39, 0.29) is 0 Å². The van der Waals surface area contributed by atoms with Gasteiger partial charge in [-0.05, 0) is 35.6 Å². The lowest BCUT2D eigenvalue weighted by Gasteiger charge is -2.28. The summed E-state index contributed by atoms with van der Waals surface area (Å²) in [5.41, 5.74) is 4.30. The second-order valence-electron chi connectivity index (χ2n) is 5.36. The van der Waals surface area contributed by atoms with Crippen LogP contribution in [0.2, 0.25) is 0 Å². The number of fused-ring (bicyclic) bond motifs is 1. The Morgan fingerprint density at radius 2 is 1.75 bits per heavy atom. The van der Waals surface area contributed by atoms with Crippen molar-refractivity contribution in [3.05, 3.63) is 65.2 Å². The summed E-state index contributed by atoms with van der Waals surface area (Å²) in [5.74, 6) is 1.00. The molecule has 0 fully saturated rings. The number of para-hydroxylation sites is 1. The Morgan fingerprint density at radius 1 is 1.00 bits per heavy atom. The second-order valence-corrected chi connectivity index (χ2v) is 5.36. The van der Waals surface area contributed by atoms with Gasteiger partial charge in [0.25, 0.3) is 0 Å². The third-order valence-corrected chi connectivity index (χ3v) is 4.10. The van der Waals surface area contributed by atoms with Crippen molar-refractivity contribution >= 4 is 0 Å². The third kappa shape index (κ3) is 2.86. The SMILES string of the molecule is COc1ccccc1CCN1CCc2ccccc2C1. The molecule has 20 heavy (non-hydrogen) atoms. The minimum atomic E-state index is 1.00. The molecule has 0 amide bonds. The maximum absolute atomic E-state index is 5.42. The Kier molecular flexibility index (Phi) is 4.03. The molecule has 1 heterocycles. The standard InChI is InChI=1S/C18H21NO/c1-20-18-9-5-4-7-16(18)11-13-19-12-10-15-6-2-3-8-17(15)14-19/h2-9H,10-14H2,1H3. The van der Waals surface area contributed by atoms with E-state index in [2.05, 4.69) is 41.3 Å². The molecule has 1 aliphatic heterocycles. The molecule has 1 aliphatic rings. The van der Waals surface area contributed by atoms with E-state index in [0.29, 0.717) is 0 Å². The largest absolute Gasteiger partial charge is 0.496 e. The minimum Gasteiger partial charge on any atom is -0.496 e. The fourth-order valence-electron chi connectivity index (χ4n) is 2.93. The van der Waals surface area contributed by atoms with Crippen molar-refractivity contribution in [1.29, 1.82) is 0 Å². The van der Waals surface area contributed by atoms with Crippen LogP contribution in [-0.4, -0.2) is 25.1 Å². The average Bonchev–Trinajstić information content (AvgIpc) is 2.53. The first kappa shape index (κ1) is 13.2. The third-order valence-electron chi connectivity index (χ3n) is 4.10. The number of methoxy groups -OCH3 is 1. The normalized spacial score (nSPS) is 14.8. The van der Waals surface area contributed by atoms with Gasteiger partial charge in [-0.2, -0.15) is 0 Å². The van der Waals surface area contributed by atoms with Gasteiger partial charge in [0.15, 0.2) is 0 Å². The van der Waals surface area contributed by atoms with Gasteiger partial charge in [-0.25, -0.2) is 0 Å². The van der Waals surface area contributed by atoms with Crippen LogP contribution in [0.5, 0.6) is 5.75 Å². The van der Waals surface area contributed by atoms with E-state index < -0.39 is 0 Å². The van der Waals surface area contributed by atoms with E-state index in [4.69, 9.17) is 4.74 Å². The topological polar surface area (TPSA) is 12.5 Å². The maximum atomic E-state index is 5.42. The summed E-state index contributed by atoms with van der Waals surface area (Å²) in [6, 6.07) is 17.1. The number of rotatable bonds is 4. The van der Waals surface area contributed by atoms with E-state index in [1.54, 1.807) is 7.11 Å². The zero-order valence-corrected chi connectivity index (χ0v) is 12.0. The van der Waals surface area contributed by atoms with E-state index in [1.165, 1.54) is 23.1 Å². The average molecular weight is 267 g/mol. The van der Waals surface area contributed by atoms with Crippen LogP contribution in [0.4, 0.5) is 0 Å². The molecule has 104 valence electrons. The van der Waals surface area contributed by atoms with Gasteiger partial charge in [-0.3, -0.25) is 4.90 Å². The van der Waals surface area contributed by atoms with Crippen molar-refractivity contribution in [2.75, 3.05) is 20.2 Å². The molecule has 2 aromatic carbocycles. The van der Waals surface area contributed by atoms with Crippen LogP contribution in [-0.2, 0) is 19.4 Å². The molecule has 2 heteroatoms. The van der Waals surface area contributed by atoms with Crippen LogP contribution in [0.25, 0.3) is 0 Å². The van der Waals surface area contributed by atoms with Crippen LogP contribution in [0.3, 0.4) is 0 Å². The van der Waals surface area contributed by atoms with Gasteiger partial charge >= 0.3 is 0 Å². The molecule has 0 radical (unpaired) electrons. The first-order chi connectivity index (χ1) is 9.86. The molecule has 0 aromatic heterocycles. The molecule has 0 aliphatic carbocycles. The zero-order valence-electron chi connectivity index (χ0n) is 12.0. The molecule has 0 saturated heterocycles. The fourth-order valence-corrected chi connectivity index (χ4v) is 2.93. The molecule has 0 atom stereocenters. The smallest absolute Gasteiger partial charge is 0.122 e. The van der Waals surface area contributed by atoms with Gasteiger partial charge in [-0.1, -0.05) is 42.5 Å². The highest BCUT2D eigenvalue weighted by Gasteiger charge is 2.15. The van der Waals surface area contributed by atoms with Gasteiger partial charge in [0, 0.05) is 19.6 Å². The molecule has 2 nitrogen and oxygen atoms in total. The van der Waals surface area contributed by atoms with Crippen LogP contribution in [0.1, 0.15) is 16.7 Å². The first-order valence-electron chi connectivity index (χ1n) is 7.28. The van der Waals surface area contributed by atoms with E-state index in [9.17, 15) is 0 Å². The molecule has 3 rings (SSSR count). The van der Waals surface area contributed by atoms with Crippen molar-refractivity contribution in [3.63, 3.8) is 0 Å². The number of benzene rings is 2. The van der Waals surface area contributed by atoms with E-state index >= 15 is 0 Å². The summed E-state index contributed by atoms with van der Waals surface area (Å²) in [5, 5.41) is 0. The maximum Gasteiger partial charge on any atom is 0.122 e. The Hall–Kier alpha value is -1.80. The van der Waals surface area contributed by atoms with Crippen LogP contribution in [0, 0.1) is 0 Å². The fraction of sp³-hybridized carbons (Fsp3) is 0.333. The predicted molar refractivity (Wildman–Crippen MR) is 82.1 cm³/mol. The predicted octanol–water partition coefficient (Wildman–Crippen LogP) is 3.30. The number of hydrogen-bond donors (Lipinski definition) is 0. The molecule has 0 saturated carbocycles. The minimum absolute atomic E-state index is 1.00. The monoisotopic (exact) mass is 267 g/mol. The molecule has 0 N–H and O–H groups in total. The molecule has 0 spiro atoms. The van der Waals surface area contributed by atoms with E-state index in [1.807, 2.05) is 12.1 Å². The van der Waals surface area contributed by atoms with Crippen LogP contribution < -0.4 is 4.74 Å². The zero-order chi connectivity index (χ0) is 13.8. The van der Waals surface area contributed by atoms with Crippen molar-refractivity contribution in [1.82, 2.24) is 4.90 Å². The van der Waals surface area contributed by atoms with Crippen LogP contribution >= 0.6 is 0 Å². The number of hydrogen-bond acceptors (Lipinski definition) is 2. The highest BCUT2D eigenvalue weighted by Crippen LogP contribution is 2.21. The lowest BCUT2D eigenvalue weighted by Crippen LogP contribution is -2.32. The molecular formula is C18H21NO. The molecule has 0 unspecified atom stereocenters. The van der Waals surface area contributed by atoms with Crippen molar-refractivity contribution in [3.8, 4) is 5.75 Å². The molecule has 0 bridgehead atoms. The Labute approximate surface area is 121 Å². The van der Waals surface area contributed by atoms with Gasteiger partial charge in [0.05, 0.1) is 7.11 Å². The van der Waals surface area contributed by atoms with Crippen LogP contribution in [0.15, 0.2) is 48.5 Å². The lowest BCUT2D eigenvalue weighted by atomic mass is 9.99. The summed E-state index contributed by atoms with van der Waals surface area (Å²) in [6.07, 6.45) is 2.22. The summed E-state index contributed by atoms with van der Waals surface area (Å²) in [4.78, 5) is 2.54. The van der Waals surface area contributed by atoms with Crippen molar-refractivity contribution in [2.45, 2.75) is 19.4 Å². The Morgan fingerprint density at radius 3 is 2.60 bits per heavy atom. The summed E-state index contributed by atoms with van der Waals surface area (Å²) in [6.45, 7) is 3.33. The summed E-state index contributed by atoms with van der Waals surface area (Å²) < 4.78 is 5.42. The first-order valence-corrected chi connectivity index (χ1v) is 7.28. The van der Waals surface area contributed by atoms with Crippen molar-refractivity contribution < 1.29 is 4.74 Å². The number of nitrogens with zero attached hydrogens (tertiary/aromatic N) is 1. The summed E-state index contributed by atoms with van der Waals surface area (Å²) in [7, 11) is 1.75.